The third-order valence-electron chi connectivity index (χ3n) is 5.54. The van der Waals surface area contributed by atoms with Crippen molar-refractivity contribution in [3.8, 4) is 17.6 Å². The van der Waals surface area contributed by atoms with Gasteiger partial charge in [0.25, 0.3) is 15.8 Å². The van der Waals surface area contributed by atoms with Gasteiger partial charge in [-0.2, -0.15) is 28.0 Å². The largest absolute Gasteiger partial charge is 0.530 e. The summed E-state index contributed by atoms with van der Waals surface area (Å²) in [5.74, 6) is -2.35. The summed E-state index contributed by atoms with van der Waals surface area (Å²) in [4.78, 5) is 15.0. The van der Waals surface area contributed by atoms with Gasteiger partial charge in [0.2, 0.25) is 0 Å². The lowest BCUT2D eigenvalue weighted by atomic mass is 10.0. The normalized spacial score (nSPS) is 12.5. The lowest BCUT2D eigenvalue weighted by Crippen LogP contribution is -2.28. The summed E-state index contributed by atoms with van der Waals surface area (Å²) in [6.07, 6.45) is -4.97. The highest BCUT2D eigenvalue weighted by Gasteiger charge is 2.45. The van der Waals surface area contributed by atoms with Gasteiger partial charge < -0.3 is 9.47 Å². The molecule has 0 saturated carbocycles. The molecule has 0 aliphatic heterocycles. The zero-order valence-electron chi connectivity index (χ0n) is 21.8. The van der Waals surface area contributed by atoms with Gasteiger partial charge in [-0.1, -0.05) is 40.6 Å². The van der Waals surface area contributed by atoms with Crippen LogP contribution in [-0.2, 0) is 20.8 Å². The minimum Gasteiger partial charge on any atom is -0.490 e. The summed E-state index contributed by atoms with van der Waals surface area (Å²) < 4.78 is 94.2. The predicted octanol–water partition coefficient (Wildman–Crippen LogP) is 6.66. The fourth-order valence-electron chi connectivity index (χ4n) is 3.80. The van der Waals surface area contributed by atoms with Crippen LogP contribution in [0.3, 0.4) is 0 Å². The molecule has 2 aromatic carbocycles. The predicted molar refractivity (Wildman–Crippen MR) is 149 cm³/mol. The number of rotatable bonds is 15. The van der Waals surface area contributed by atoms with Crippen LogP contribution in [0.2, 0.25) is 0 Å². The number of azide groups is 2. The molecule has 0 radical (unpaired) electrons. The smallest absolute Gasteiger partial charge is 0.490 e. The molecule has 0 bridgehead atoms. The topological polar surface area (TPSA) is 223 Å². The number of hydrogen-bond donors (Lipinski definition) is 2. The first-order valence-electron chi connectivity index (χ1n) is 12.1. The molecule has 0 saturated heterocycles. The standard InChI is InChI=1S/C23H20F3N8O6PS2/c24-23(25,26)19-18-15(13-27)20(40-11-5-9-31-34-29)16(39-10-4-8-30-33-28)12-17(18)42-22(19)43(37,38)32-21(41(35)36)14-6-2-1-3-7-14/h1-3,6-7,12,21,32H,4-5,8-11H2/p+1. The molecule has 2 atom stereocenters. The number of nitriles is 1. The molecule has 3 rings (SSSR count). The molecular weight excluding hydrogens is 636 g/mol. The van der Waals surface area contributed by atoms with Gasteiger partial charge in [-0.05, 0) is 28.5 Å². The second-order valence-electron chi connectivity index (χ2n) is 8.38. The fraction of sp³-hybridized carbons (Fsp3) is 0.348. The van der Waals surface area contributed by atoms with E-state index in [0.717, 1.165) is 6.07 Å². The molecule has 3 aromatic rings. The number of ether oxygens (including phenoxy) is 2. The molecule has 0 amide bonds. The number of nitrogens with one attached hydrogen (secondary N) is 1. The van der Waals surface area contributed by atoms with E-state index in [0.29, 0.717) is 0 Å². The Morgan fingerprint density at radius 1 is 1.12 bits per heavy atom. The molecule has 0 spiro atoms. The van der Waals surface area contributed by atoms with Crippen LogP contribution in [-0.4, -0.2) is 39.6 Å². The van der Waals surface area contributed by atoms with Crippen LogP contribution in [0, 0.1) is 11.3 Å². The van der Waals surface area contributed by atoms with E-state index in [-0.39, 0.29) is 66.5 Å². The minimum absolute atomic E-state index is 0.0149. The third kappa shape index (κ3) is 8.25. The summed E-state index contributed by atoms with van der Waals surface area (Å²) in [6.45, 7) is -0.280. The van der Waals surface area contributed by atoms with Crippen molar-refractivity contribution in [2.24, 2.45) is 10.2 Å². The number of benzene rings is 2. The average molecular weight is 658 g/mol. The van der Waals surface area contributed by atoms with E-state index in [1.54, 1.807) is 12.1 Å². The number of halogens is 3. The van der Waals surface area contributed by atoms with Crippen molar-refractivity contribution in [3.63, 3.8) is 0 Å². The number of hydrogen-bond acceptors (Lipinski definition) is 9. The third-order valence-corrected chi connectivity index (χ3v) is 9.67. The zero-order valence-corrected chi connectivity index (χ0v) is 24.3. The Bertz CT molecular complexity index is 1740. The fourth-order valence-corrected chi connectivity index (χ4v) is 7.87. The van der Waals surface area contributed by atoms with Crippen molar-refractivity contribution in [2.75, 3.05) is 26.3 Å². The van der Waals surface area contributed by atoms with E-state index >= 15 is 0 Å². The molecule has 226 valence electrons. The van der Waals surface area contributed by atoms with Crippen LogP contribution in [0.15, 0.2) is 50.8 Å². The maximum absolute atomic E-state index is 14.6. The van der Waals surface area contributed by atoms with E-state index < -0.39 is 56.5 Å². The summed E-state index contributed by atoms with van der Waals surface area (Å²) in [5.41, 5.74) is 14.6. The van der Waals surface area contributed by atoms with Gasteiger partial charge >= 0.3 is 14.2 Å². The second kappa shape index (κ2) is 14.9. The molecule has 43 heavy (non-hydrogen) atoms. The van der Waals surface area contributed by atoms with E-state index in [9.17, 15) is 36.3 Å². The Morgan fingerprint density at radius 3 is 2.26 bits per heavy atom. The summed E-state index contributed by atoms with van der Waals surface area (Å²) in [6, 6.07) is 9.88. The Balaban J connectivity index is 2.21. The number of sulfonamides is 1. The quantitative estimate of drug-likeness (QED) is 0.0593. The molecule has 0 aliphatic rings. The Morgan fingerprint density at radius 2 is 1.72 bits per heavy atom. The minimum atomic E-state index is -5.30. The van der Waals surface area contributed by atoms with Gasteiger partial charge in [0.15, 0.2) is 11.5 Å². The molecule has 0 aliphatic carbocycles. The van der Waals surface area contributed by atoms with Crippen molar-refractivity contribution in [3.05, 3.63) is 74.0 Å². The molecular formula is C23H21F3N8O6PS2+. The highest BCUT2D eigenvalue weighted by atomic mass is 32.2. The zero-order chi connectivity index (χ0) is 31.6. The molecule has 20 heteroatoms. The van der Waals surface area contributed by atoms with E-state index in [2.05, 4.69) is 20.1 Å². The lowest BCUT2D eigenvalue weighted by Gasteiger charge is -2.16. The number of nitrogens with zero attached hydrogens (tertiary/aromatic N) is 7. The van der Waals surface area contributed by atoms with Crippen molar-refractivity contribution < 1.29 is 40.5 Å². The second-order valence-corrected chi connectivity index (χ2v) is 12.5. The molecule has 0 fully saturated rings. The first-order chi connectivity index (χ1) is 20.5. The SMILES string of the molecule is N#Cc1c(OCCCN=[N+]=[N-])c(OCCCN=[N+]=[N-])cc2sc(S(=O)(=O)NC(c3ccccc3)[P+](=O)O)c(C(F)(F)F)c12. The Kier molecular flexibility index (Phi) is 11.5. The van der Waals surface area contributed by atoms with E-state index in [4.69, 9.17) is 20.5 Å². The van der Waals surface area contributed by atoms with Crippen LogP contribution in [0.4, 0.5) is 13.2 Å². The van der Waals surface area contributed by atoms with Crippen LogP contribution < -0.4 is 14.2 Å². The lowest BCUT2D eigenvalue weighted by molar-refractivity contribution is -0.138. The van der Waals surface area contributed by atoms with Gasteiger partial charge in [-0.25, -0.2) is 8.42 Å². The number of alkyl halides is 3. The van der Waals surface area contributed by atoms with Crippen molar-refractivity contribution in [2.45, 2.75) is 29.0 Å². The first kappa shape index (κ1) is 33.4. The van der Waals surface area contributed by atoms with Gasteiger partial charge in [0.1, 0.15) is 15.8 Å². The summed E-state index contributed by atoms with van der Waals surface area (Å²) in [5, 5.41) is 15.9. The van der Waals surface area contributed by atoms with Crippen LogP contribution in [0.1, 0.15) is 35.3 Å². The highest BCUT2D eigenvalue weighted by Crippen LogP contribution is 2.50. The van der Waals surface area contributed by atoms with Gasteiger partial charge in [0, 0.05) is 44.6 Å². The van der Waals surface area contributed by atoms with Crippen molar-refractivity contribution in [1.29, 1.82) is 5.26 Å². The van der Waals surface area contributed by atoms with E-state index in [1.807, 2.05) is 4.72 Å². The monoisotopic (exact) mass is 657 g/mol. The molecule has 2 unspecified atom stereocenters. The molecule has 1 heterocycles. The van der Waals surface area contributed by atoms with Gasteiger partial charge in [0.05, 0.1) is 18.8 Å². The van der Waals surface area contributed by atoms with Crippen molar-refractivity contribution >= 4 is 39.5 Å². The first-order valence-corrected chi connectivity index (χ1v) is 15.6. The summed E-state index contributed by atoms with van der Waals surface area (Å²) in [7, 11) is -8.38. The van der Waals surface area contributed by atoms with Gasteiger partial charge in [-0.3, -0.25) is 0 Å². The molecule has 2 N–H and O–H groups in total. The molecule has 14 nitrogen and oxygen atoms in total. The maximum atomic E-state index is 14.6. The van der Waals surface area contributed by atoms with Crippen molar-refractivity contribution in [1.82, 2.24) is 4.72 Å². The Labute approximate surface area is 246 Å². The molecule has 1 aromatic heterocycles. The van der Waals surface area contributed by atoms with E-state index in [1.165, 1.54) is 24.3 Å². The highest BCUT2D eigenvalue weighted by molar-refractivity contribution is 7.92. The van der Waals surface area contributed by atoms with Gasteiger partial charge in [-0.15, -0.1) is 11.3 Å². The Hall–Kier alpha value is -4.13. The average Bonchev–Trinajstić information content (AvgIpc) is 3.37. The maximum Gasteiger partial charge on any atom is 0.530 e. The summed E-state index contributed by atoms with van der Waals surface area (Å²) >= 11 is 0.186. The number of fused-ring (bicyclic) bond motifs is 1. The van der Waals surface area contributed by atoms with Crippen LogP contribution in [0.25, 0.3) is 31.0 Å². The number of thiophene rings is 1. The van der Waals surface area contributed by atoms with Crippen LogP contribution in [0.5, 0.6) is 11.5 Å². The van der Waals surface area contributed by atoms with Crippen LogP contribution >= 0.6 is 19.4 Å².